The van der Waals surface area contributed by atoms with E-state index in [4.69, 9.17) is 10.5 Å². The number of nitrogens with two attached hydrogens (primary N) is 1. The summed E-state index contributed by atoms with van der Waals surface area (Å²) in [5.74, 6) is 0.608. The van der Waals surface area contributed by atoms with Crippen LogP contribution in [-0.2, 0) is 11.3 Å². The summed E-state index contributed by atoms with van der Waals surface area (Å²) in [5, 5.41) is 1.22. The summed E-state index contributed by atoms with van der Waals surface area (Å²) >= 11 is 0. The Morgan fingerprint density at radius 1 is 1.38 bits per heavy atom. The van der Waals surface area contributed by atoms with Gasteiger partial charge in [-0.05, 0) is 30.9 Å². The van der Waals surface area contributed by atoms with Gasteiger partial charge in [0.05, 0.1) is 17.8 Å². The largest absolute Gasteiger partial charge is 0.384 e. The fourth-order valence-electron chi connectivity index (χ4n) is 3.23. The number of nitrogens with zero attached hydrogens (tertiary/aromatic N) is 2. The second-order valence-corrected chi connectivity index (χ2v) is 5.76. The first-order valence-electron chi connectivity index (χ1n) is 7.64. The van der Waals surface area contributed by atoms with Crippen LogP contribution in [0.2, 0.25) is 0 Å². The van der Waals surface area contributed by atoms with E-state index in [1.165, 1.54) is 23.9 Å². The molecule has 2 N–H and O–H groups in total. The number of anilines is 1. The highest BCUT2D eigenvalue weighted by Crippen LogP contribution is 2.30. The van der Waals surface area contributed by atoms with Crippen molar-refractivity contribution in [2.24, 2.45) is 11.7 Å². The van der Waals surface area contributed by atoms with Crippen molar-refractivity contribution >= 4 is 16.6 Å². The van der Waals surface area contributed by atoms with Crippen molar-refractivity contribution in [3.8, 4) is 0 Å². The van der Waals surface area contributed by atoms with E-state index in [1.807, 2.05) is 6.07 Å². The molecule has 0 bridgehead atoms. The van der Waals surface area contributed by atoms with Gasteiger partial charge in [0.1, 0.15) is 0 Å². The number of aromatic nitrogens is 1. The van der Waals surface area contributed by atoms with Crippen molar-refractivity contribution in [3.05, 3.63) is 36.0 Å². The lowest BCUT2D eigenvalue weighted by Crippen LogP contribution is -2.37. The number of benzene rings is 1. The summed E-state index contributed by atoms with van der Waals surface area (Å²) < 4.78 is 5.34. The standard InChI is InChI=1S/C17H23N3O/c1-21-12-13-5-4-8-20(11-13)17-9-14(10-18)19-16-7-3-2-6-15(16)17/h2-3,6-7,9,13H,4-5,8,10-12,18H2,1H3. The number of ether oxygens (including phenoxy) is 1. The smallest absolute Gasteiger partial charge is 0.0726 e. The maximum atomic E-state index is 5.81. The van der Waals surface area contributed by atoms with Gasteiger partial charge in [0.15, 0.2) is 0 Å². The van der Waals surface area contributed by atoms with E-state index in [-0.39, 0.29) is 0 Å². The number of rotatable bonds is 4. The lowest BCUT2D eigenvalue weighted by atomic mass is 9.97. The van der Waals surface area contributed by atoms with Crippen LogP contribution >= 0.6 is 0 Å². The van der Waals surface area contributed by atoms with Crippen LogP contribution in [0, 0.1) is 5.92 Å². The van der Waals surface area contributed by atoms with E-state index in [0.717, 1.165) is 30.9 Å². The van der Waals surface area contributed by atoms with Crippen molar-refractivity contribution in [1.82, 2.24) is 4.98 Å². The summed E-state index contributed by atoms with van der Waals surface area (Å²) in [5.41, 5.74) is 9.07. The summed E-state index contributed by atoms with van der Waals surface area (Å²) in [7, 11) is 1.79. The average molecular weight is 285 g/mol. The molecular formula is C17H23N3O. The zero-order chi connectivity index (χ0) is 14.7. The fourth-order valence-corrected chi connectivity index (χ4v) is 3.23. The topological polar surface area (TPSA) is 51.4 Å². The Bertz CT molecular complexity index is 612. The Labute approximate surface area is 125 Å². The van der Waals surface area contributed by atoms with Crippen LogP contribution in [-0.4, -0.2) is 31.8 Å². The predicted octanol–water partition coefficient (Wildman–Crippen LogP) is 2.56. The first-order chi connectivity index (χ1) is 10.3. The lowest BCUT2D eigenvalue weighted by Gasteiger charge is -2.35. The van der Waals surface area contributed by atoms with Gasteiger partial charge in [-0.1, -0.05) is 18.2 Å². The Hall–Kier alpha value is -1.65. The molecule has 0 spiro atoms. The number of piperidine rings is 1. The van der Waals surface area contributed by atoms with Crippen LogP contribution in [0.15, 0.2) is 30.3 Å². The molecule has 0 radical (unpaired) electrons. The van der Waals surface area contributed by atoms with E-state index in [0.29, 0.717) is 12.5 Å². The molecule has 4 nitrogen and oxygen atoms in total. The van der Waals surface area contributed by atoms with E-state index in [1.54, 1.807) is 7.11 Å². The van der Waals surface area contributed by atoms with Gasteiger partial charge in [-0.15, -0.1) is 0 Å². The van der Waals surface area contributed by atoms with Gasteiger partial charge in [-0.2, -0.15) is 0 Å². The SMILES string of the molecule is COCC1CCCN(c2cc(CN)nc3ccccc23)C1. The van der Waals surface area contributed by atoms with E-state index in [9.17, 15) is 0 Å². The normalized spacial score (nSPS) is 19.1. The van der Waals surface area contributed by atoms with Crippen LogP contribution in [0.25, 0.3) is 10.9 Å². The summed E-state index contributed by atoms with van der Waals surface area (Å²) in [4.78, 5) is 7.10. The number of para-hydroxylation sites is 1. The molecule has 0 saturated carbocycles. The molecule has 1 aromatic heterocycles. The number of methoxy groups -OCH3 is 1. The molecule has 1 atom stereocenters. The van der Waals surface area contributed by atoms with Crippen LogP contribution in [0.3, 0.4) is 0 Å². The van der Waals surface area contributed by atoms with Crippen molar-refractivity contribution in [3.63, 3.8) is 0 Å². The quantitative estimate of drug-likeness (QED) is 0.938. The first-order valence-corrected chi connectivity index (χ1v) is 7.64. The molecular weight excluding hydrogens is 262 g/mol. The highest BCUT2D eigenvalue weighted by Gasteiger charge is 2.21. The first kappa shape index (κ1) is 14.3. The van der Waals surface area contributed by atoms with Gasteiger partial charge < -0.3 is 15.4 Å². The van der Waals surface area contributed by atoms with Gasteiger partial charge in [0.25, 0.3) is 0 Å². The number of hydrogen-bond donors (Lipinski definition) is 1. The molecule has 4 heteroatoms. The molecule has 112 valence electrons. The highest BCUT2D eigenvalue weighted by molar-refractivity contribution is 5.92. The minimum absolute atomic E-state index is 0.479. The van der Waals surface area contributed by atoms with Crippen LogP contribution < -0.4 is 10.6 Å². The zero-order valence-corrected chi connectivity index (χ0v) is 12.6. The zero-order valence-electron chi connectivity index (χ0n) is 12.6. The maximum Gasteiger partial charge on any atom is 0.0726 e. The third-order valence-corrected chi connectivity index (χ3v) is 4.22. The van der Waals surface area contributed by atoms with Crippen molar-refractivity contribution in [1.29, 1.82) is 0 Å². The molecule has 1 unspecified atom stereocenters. The monoisotopic (exact) mass is 285 g/mol. The van der Waals surface area contributed by atoms with E-state index < -0.39 is 0 Å². The third kappa shape index (κ3) is 3.01. The lowest BCUT2D eigenvalue weighted by molar-refractivity contribution is 0.143. The highest BCUT2D eigenvalue weighted by atomic mass is 16.5. The van der Waals surface area contributed by atoms with E-state index >= 15 is 0 Å². The molecule has 1 aliphatic heterocycles. The average Bonchev–Trinajstić information content (AvgIpc) is 2.54. The predicted molar refractivity (Wildman–Crippen MR) is 86.4 cm³/mol. The third-order valence-electron chi connectivity index (χ3n) is 4.22. The van der Waals surface area contributed by atoms with Gasteiger partial charge in [-0.25, -0.2) is 0 Å². The summed E-state index contributed by atoms with van der Waals surface area (Å²) in [6.07, 6.45) is 2.46. The minimum Gasteiger partial charge on any atom is -0.384 e. The van der Waals surface area contributed by atoms with Gasteiger partial charge in [0, 0.05) is 37.8 Å². The van der Waals surface area contributed by atoms with E-state index in [2.05, 4.69) is 34.1 Å². The summed E-state index contributed by atoms with van der Waals surface area (Å²) in [6.45, 7) is 3.46. The second kappa shape index (κ2) is 6.41. The minimum atomic E-state index is 0.479. The Morgan fingerprint density at radius 2 is 2.24 bits per heavy atom. The molecule has 0 amide bonds. The Kier molecular flexibility index (Phi) is 4.36. The van der Waals surface area contributed by atoms with Crippen LogP contribution in [0.4, 0.5) is 5.69 Å². The Balaban J connectivity index is 1.98. The van der Waals surface area contributed by atoms with Crippen LogP contribution in [0.5, 0.6) is 0 Å². The van der Waals surface area contributed by atoms with Crippen molar-refractivity contribution in [2.75, 3.05) is 31.7 Å². The molecule has 0 aliphatic carbocycles. The van der Waals surface area contributed by atoms with Gasteiger partial charge in [0.2, 0.25) is 0 Å². The number of fused-ring (bicyclic) bond motifs is 1. The molecule has 1 saturated heterocycles. The van der Waals surface area contributed by atoms with Gasteiger partial charge >= 0.3 is 0 Å². The molecule has 3 rings (SSSR count). The molecule has 1 fully saturated rings. The molecule has 2 heterocycles. The molecule has 21 heavy (non-hydrogen) atoms. The fraction of sp³-hybridized carbons (Fsp3) is 0.471. The van der Waals surface area contributed by atoms with Crippen molar-refractivity contribution < 1.29 is 4.74 Å². The molecule has 2 aromatic rings. The summed E-state index contributed by atoms with van der Waals surface area (Å²) in [6, 6.07) is 10.5. The number of hydrogen-bond acceptors (Lipinski definition) is 4. The van der Waals surface area contributed by atoms with Crippen molar-refractivity contribution in [2.45, 2.75) is 19.4 Å². The second-order valence-electron chi connectivity index (χ2n) is 5.76. The van der Waals surface area contributed by atoms with Crippen LogP contribution in [0.1, 0.15) is 18.5 Å². The maximum absolute atomic E-state index is 5.81. The van der Waals surface area contributed by atoms with Gasteiger partial charge in [-0.3, -0.25) is 4.98 Å². The Morgan fingerprint density at radius 3 is 3.05 bits per heavy atom. The molecule has 1 aliphatic rings. The number of pyridine rings is 1. The molecule has 1 aromatic carbocycles.